The van der Waals surface area contributed by atoms with Gasteiger partial charge in [-0.25, -0.2) is 0 Å². The van der Waals surface area contributed by atoms with Gasteiger partial charge >= 0.3 is 0 Å². The normalized spacial score (nSPS) is 15.7. The van der Waals surface area contributed by atoms with Gasteiger partial charge in [-0.1, -0.05) is 24.4 Å². The van der Waals surface area contributed by atoms with E-state index in [4.69, 9.17) is 21.1 Å². The lowest BCUT2D eigenvalue weighted by molar-refractivity contribution is -0.138. The summed E-state index contributed by atoms with van der Waals surface area (Å²) in [5, 5.41) is 7.13. The number of amides is 1. The second-order valence-corrected chi connectivity index (χ2v) is 7.92. The van der Waals surface area contributed by atoms with Crippen LogP contribution in [-0.4, -0.2) is 58.2 Å². The van der Waals surface area contributed by atoms with Crippen molar-refractivity contribution in [2.24, 2.45) is 10.4 Å². The zero-order valence-corrected chi connectivity index (χ0v) is 18.9. The van der Waals surface area contributed by atoms with Crippen molar-refractivity contribution in [2.75, 3.05) is 41.4 Å². The molecular formula is C21H33ClN4O3. The van der Waals surface area contributed by atoms with E-state index in [9.17, 15) is 4.79 Å². The molecule has 1 aromatic rings. The summed E-state index contributed by atoms with van der Waals surface area (Å²) in [6.07, 6.45) is 3.97. The minimum absolute atomic E-state index is 0.181. The molecule has 8 heteroatoms. The molecule has 7 nitrogen and oxygen atoms in total. The number of carbonyl (C=O) groups is 1. The number of carbonyl (C=O) groups excluding carboxylic acids is 1. The summed E-state index contributed by atoms with van der Waals surface area (Å²) in [6, 6.07) is 3.74. The van der Waals surface area contributed by atoms with Crippen molar-refractivity contribution in [1.29, 1.82) is 0 Å². The molecule has 1 aromatic carbocycles. The van der Waals surface area contributed by atoms with Gasteiger partial charge in [-0.2, -0.15) is 0 Å². The predicted molar refractivity (Wildman–Crippen MR) is 117 cm³/mol. The van der Waals surface area contributed by atoms with Gasteiger partial charge in [-0.3, -0.25) is 9.79 Å². The van der Waals surface area contributed by atoms with Gasteiger partial charge in [0, 0.05) is 34.2 Å². The highest BCUT2D eigenvalue weighted by Gasteiger charge is 2.42. The van der Waals surface area contributed by atoms with Crippen LogP contribution < -0.4 is 20.1 Å². The first-order chi connectivity index (χ1) is 13.9. The maximum absolute atomic E-state index is 12.7. The van der Waals surface area contributed by atoms with Crippen LogP contribution in [0.15, 0.2) is 17.1 Å². The molecule has 0 bridgehead atoms. The third-order valence-electron chi connectivity index (χ3n) is 5.28. The van der Waals surface area contributed by atoms with Gasteiger partial charge in [0.05, 0.1) is 24.2 Å². The summed E-state index contributed by atoms with van der Waals surface area (Å²) in [5.41, 5.74) is 0.588. The fourth-order valence-electron chi connectivity index (χ4n) is 3.81. The molecule has 0 radical (unpaired) electrons. The average Bonchev–Trinajstić information content (AvgIpc) is 3.19. The minimum atomic E-state index is -0.354. The molecule has 0 aliphatic heterocycles. The quantitative estimate of drug-likeness (QED) is 0.495. The van der Waals surface area contributed by atoms with Crippen molar-refractivity contribution < 1.29 is 14.3 Å². The molecule has 0 aromatic heterocycles. The Labute approximate surface area is 178 Å². The highest BCUT2D eigenvalue weighted by atomic mass is 35.5. The molecule has 29 heavy (non-hydrogen) atoms. The average molecular weight is 425 g/mol. The Bertz CT molecular complexity index is 731. The monoisotopic (exact) mass is 424 g/mol. The van der Waals surface area contributed by atoms with E-state index in [0.717, 1.165) is 31.2 Å². The fourth-order valence-corrected chi connectivity index (χ4v) is 4.10. The highest BCUT2D eigenvalue weighted by Crippen LogP contribution is 2.39. The van der Waals surface area contributed by atoms with E-state index >= 15 is 0 Å². The van der Waals surface area contributed by atoms with Gasteiger partial charge in [-0.05, 0) is 37.5 Å². The molecule has 1 aliphatic carbocycles. The Morgan fingerprint density at radius 2 is 1.97 bits per heavy atom. The molecule has 0 saturated heterocycles. The fraction of sp³-hybridized carbons (Fsp3) is 0.619. The molecule has 1 aliphatic rings. The van der Waals surface area contributed by atoms with Gasteiger partial charge < -0.3 is 25.0 Å². The van der Waals surface area contributed by atoms with E-state index in [1.54, 1.807) is 19.1 Å². The molecule has 2 N–H and O–H groups in total. The number of benzene rings is 1. The van der Waals surface area contributed by atoms with Gasteiger partial charge in [0.15, 0.2) is 17.5 Å². The van der Waals surface area contributed by atoms with E-state index < -0.39 is 0 Å². The zero-order valence-electron chi connectivity index (χ0n) is 18.1. The molecule has 0 spiro atoms. The van der Waals surface area contributed by atoms with Gasteiger partial charge in [0.25, 0.3) is 0 Å². The van der Waals surface area contributed by atoms with E-state index in [0.29, 0.717) is 42.2 Å². The largest absolute Gasteiger partial charge is 0.493 e. The van der Waals surface area contributed by atoms with Crippen LogP contribution in [0.1, 0.15) is 38.2 Å². The standard InChI is InChI=1S/C21H33ClN4O3/c1-6-29-18-16(22)11-15(12-17(18)28-5)13-24-20(23-2)25-14-21(9-7-8-10-21)19(27)26(3)4/h11-12H,6-10,13-14H2,1-5H3,(H2,23,24,25). The summed E-state index contributed by atoms with van der Waals surface area (Å²) >= 11 is 6.35. The predicted octanol–water partition coefficient (Wildman–Crippen LogP) is 3.06. The summed E-state index contributed by atoms with van der Waals surface area (Å²) in [5.74, 6) is 1.97. The SMILES string of the molecule is CCOc1c(Cl)cc(CNC(=NC)NCC2(C(=O)N(C)C)CCCC2)cc1OC. The number of methoxy groups -OCH3 is 1. The van der Waals surface area contributed by atoms with Crippen molar-refractivity contribution in [3.63, 3.8) is 0 Å². The van der Waals surface area contributed by atoms with E-state index in [2.05, 4.69) is 15.6 Å². The topological polar surface area (TPSA) is 75.2 Å². The van der Waals surface area contributed by atoms with Crippen LogP contribution in [0.3, 0.4) is 0 Å². The Kier molecular flexibility index (Phi) is 8.44. The number of rotatable bonds is 8. The summed E-state index contributed by atoms with van der Waals surface area (Å²) in [4.78, 5) is 18.7. The Morgan fingerprint density at radius 3 is 2.52 bits per heavy atom. The third-order valence-corrected chi connectivity index (χ3v) is 5.56. The number of nitrogens with one attached hydrogen (secondary N) is 2. The van der Waals surface area contributed by atoms with Crippen molar-refractivity contribution in [3.05, 3.63) is 22.7 Å². The Balaban J connectivity index is 2.02. The van der Waals surface area contributed by atoms with Crippen LogP contribution in [0, 0.1) is 5.41 Å². The van der Waals surface area contributed by atoms with Crippen molar-refractivity contribution >= 4 is 23.5 Å². The number of nitrogens with zero attached hydrogens (tertiary/aromatic N) is 2. The van der Waals surface area contributed by atoms with E-state index in [-0.39, 0.29) is 11.3 Å². The number of guanidine groups is 1. The summed E-state index contributed by atoms with van der Waals surface area (Å²) < 4.78 is 11.0. The molecule has 1 amide bonds. The first kappa shape index (κ1) is 23.1. The second kappa shape index (κ2) is 10.6. The van der Waals surface area contributed by atoms with Crippen molar-refractivity contribution in [3.8, 4) is 11.5 Å². The van der Waals surface area contributed by atoms with Crippen molar-refractivity contribution in [1.82, 2.24) is 15.5 Å². The lowest BCUT2D eigenvalue weighted by atomic mass is 9.84. The molecule has 1 fully saturated rings. The van der Waals surface area contributed by atoms with E-state index in [1.165, 1.54) is 0 Å². The second-order valence-electron chi connectivity index (χ2n) is 7.51. The van der Waals surface area contributed by atoms with Crippen LogP contribution in [-0.2, 0) is 11.3 Å². The maximum atomic E-state index is 12.7. The summed E-state index contributed by atoms with van der Waals surface area (Å²) in [6.45, 7) is 3.49. The van der Waals surface area contributed by atoms with Gasteiger partial charge in [0.1, 0.15) is 0 Å². The van der Waals surface area contributed by atoms with Crippen LogP contribution in [0.25, 0.3) is 0 Å². The lowest BCUT2D eigenvalue weighted by Gasteiger charge is -2.31. The van der Waals surface area contributed by atoms with Crippen LogP contribution in [0.4, 0.5) is 0 Å². The molecular weight excluding hydrogens is 392 g/mol. The molecule has 2 rings (SSSR count). The number of hydrogen-bond acceptors (Lipinski definition) is 4. The van der Waals surface area contributed by atoms with Crippen molar-refractivity contribution in [2.45, 2.75) is 39.2 Å². The molecule has 162 valence electrons. The van der Waals surface area contributed by atoms with Gasteiger partial charge in [-0.15, -0.1) is 0 Å². The number of hydrogen-bond donors (Lipinski definition) is 2. The van der Waals surface area contributed by atoms with Crippen LogP contribution in [0.2, 0.25) is 5.02 Å². The Hall–Kier alpha value is -2.15. The zero-order chi connectivity index (χ0) is 21.4. The van der Waals surface area contributed by atoms with Crippen LogP contribution >= 0.6 is 11.6 Å². The maximum Gasteiger partial charge on any atom is 0.230 e. The van der Waals surface area contributed by atoms with E-state index in [1.807, 2.05) is 33.2 Å². The third kappa shape index (κ3) is 5.69. The number of ether oxygens (including phenoxy) is 2. The van der Waals surface area contributed by atoms with Gasteiger partial charge in [0.2, 0.25) is 5.91 Å². The lowest BCUT2D eigenvalue weighted by Crippen LogP contribution is -2.49. The van der Waals surface area contributed by atoms with Crippen LogP contribution in [0.5, 0.6) is 11.5 Å². The molecule has 0 heterocycles. The molecule has 0 atom stereocenters. The summed E-state index contributed by atoms with van der Waals surface area (Å²) in [7, 11) is 6.95. The Morgan fingerprint density at radius 1 is 1.28 bits per heavy atom. The molecule has 0 unspecified atom stereocenters. The smallest absolute Gasteiger partial charge is 0.230 e. The highest BCUT2D eigenvalue weighted by molar-refractivity contribution is 6.32. The molecule has 1 saturated carbocycles. The minimum Gasteiger partial charge on any atom is -0.493 e. The first-order valence-corrected chi connectivity index (χ1v) is 10.4. The number of aliphatic imine (C=N–C) groups is 1. The number of halogens is 1. The first-order valence-electron chi connectivity index (χ1n) is 10.0.